The monoisotopic (exact) mass is 274 g/mol. The maximum absolute atomic E-state index is 3.56. The Bertz CT molecular complexity index is 414. The highest BCUT2D eigenvalue weighted by atomic mass is 15.1. The van der Waals surface area contributed by atoms with E-state index in [9.17, 15) is 0 Å². The lowest BCUT2D eigenvalue weighted by molar-refractivity contribution is 0.306. The standard InChI is InChI=1S/C18H30N2/c1-14(2)10-19-11-16-7-5-6-8-17(16)12-20(4)13-18-9-15(18)3/h5-8,14-15,18-19H,9-13H2,1-4H3. The number of rotatable bonds is 8. The molecule has 0 spiro atoms. The van der Waals surface area contributed by atoms with Crippen molar-refractivity contribution < 1.29 is 0 Å². The van der Waals surface area contributed by atoms with E-state index in [0.29, 0.717) is 5.92 Å². The van der Waals surface area contributed by atoms with Crippen LogP contribution in [0.2, 0.25) is 0 Å². The van der Waals surface area contributed by atoms with Gasteiger partial charge in [0, 0.05) is 19.6 Å². The second-order valence-electron chi connectivity index (χ2n) is 6.96. The fourth-order valence-corrected chi connectivity index (χ4v) is 2.79. The largest absolute Gasteiger partial charge is 0.312 e. The Labute approximate surface area is 124 Å². The molecule has 0 saturated heterocycles. The van der Waals surface area contributed by atoms with E-state index in [2.05, 4.69) is 62.3 Å². The third-order valence-electron chi connectivity index (χ3n) is 4.25. The van der Waals surface area contributed by atoms with Gasteiger partial charge in [0.15, 0.2) is 0 Å². The SMILES string of the molecule is CC(C)CNCc1ccccc1CN(C)CC1CC1C. The molecule has 0 radical (unpaired) electrons. The van der Waals surface area contributed by atoms with Crippen LogP contribution in [-0.2, 0) is 13.1 Å². The fourth-order valence-electron chi connectivity index (χ4n) is 2.79. The summed E-state index contributed by atoms with van der Waals surface area (Å²) in [6.07, 6.45) is 1.42. The van der Waals surface area contributed by atoms with Crippen LogP contribution in [0.15, 0.2) is 24.3 Å². The van der Waals surface area contributed by atoms with Crippen LogP contribution >= 0.6 is 0 Å². The van der Waals surface area contributed by atoms with Gasteiger partial charge in [-0.05, 0) is 48.9 Å². The normalized spacial score (nSPS) is 21.7. The number of nitrogens with zero attached hydrogens (tertiary/aromatic N) is 1. The second-order valence-corrected chi connectivity index (χ2v) is 6.96. The zero-order chi connectivity index (χ0) is 14.5. The third kappa shape index (κ3) is 4.92. The van der Waals surface area contributed by atoms with Crippen molar-refractivity contribution in [2.45, 2.75) is 40.3 Å². The highest BCUT2D eigenvalue weighted by molar-refractivity contribution is 5.27. The van der Waals surface area contributed by atoms with Crippen molar-refractivity contribution in [1.29, 1.82) is 0 Å². The van der Waals surface area contributed by atoms with E-state index in [1.54, 1.807) is 0 Å². The van der Waals surface area contributed by atoms with Gasteiger partial charge in [-0.1, -0.05) is 45.0 Å². The molecule has 2 rings (SSSR count). The molecule has 1 aliphatic rings. The predicted molar refractivity (Wildman–Crippen MR) is 86.6 cm³/mol. The Morgan fingerprint density at radius 3 is 2.50 bits per heavy atom. The van der Waals surface area contributed by atoms with Crippen LogP contribution in [0, 0.1) is 17.8 Å². The van der Waals surface area contributed by atoms with Crippen LogP contribution in [0.25, 0.3) is 0 Å². The summed E-state index contributed by atoms with van der Waals surface area (Å²) >= 11 is 0. The summed E-state index contributed by atoms with van der Waals surface area (Å²) in [4.78, 5) is 2.48. The molecule has 1 aromatic carbocycles. The van der Waals surface area contributed by atoms with Crippen LogP contribution in [-0.4, -0.2) is 25.0 Å². The molecule has 0 aliphatic heterocycles. The van der Waals surface area contributed by atoms with Crippen LogP contribution in [0.3, 0.4) is 0 Å². The summed E-state index contributed by atoms with van der Waals surface area (Å²) in [6.45, 7) is 11.3. The molecule has 1 N–H and O–H groups in total. The summed E-state index contributed by atoms with van der Waals surface area (Å²) in [5, 5.41) is 3.56. The Kier molecular flexibility index (Phi) is 5.62. The minimum Gasteiger partial charge on any atom is -0.312 e. The molecular weight excluding hydrogens is 244 g/mol. The van der Waals surface area contributed by atoms with Gasteiger partial charge < -0.3 is 10.2 Å². The first-order valence-corrected chi connectivity index (χ1v) is 8.02. The van der Waals surface area contributed by atoms with E-state index in [0.717, 1.165) is 31.5 Å². The fraction of sp³-hybridized carbons (Fsp3) is 0.667. The summed E-state index contributed by atoms with van der Waals surface area (Å²) in [7, 11) is 2.25. The van der Waals surface area contributed by atoms with Crippen LogP contribution in [0.5, 0.6) is 0 Å². The third-order valence-corrected chi connectivity index (χ3v) is 4.25. The predicted octanol–water partition coefficient (Wildman–Crippen LogP) is 3.52. The number of hydrogen-bond acceptors (Lipinski definition) is 2. The Morgan fingerprint density at radius 2 is 1.90 bits per heavy atom. The van der Waals surface area contributed by atoms with Gasteiger partial charge in [0.1, 0.15) is 0 Å². The van der Waals surface area contributed by atoms with Gasteiger partial charge in [0.25, 0.3) is 0 Å². The lowest BCUT2D eigenvalue weighted by atomic mass is 10.1. The molecule has 2 atom stereocenters. The van der Waals surface area contributed by atoms with E-state index in [1.165, 1.54) is 24.1 Å². The highest BCUT2D eigenvalue weighted by Gasteiger charge is 2.33. The lowest BCUT2D eigenvalue weighted by Gasteiger charge is -2.19. The van der Waals surface area contributed by atoms with Crippen molar-refractivity contribution in [3.05, 3.63) is 35.4 Å². The molecule has 2 nitrogen and oxygen atoms in total. The van der Waals surface area contributed by atoms with Gasteiger partial charge in [-0.25, -0.2) is 0 Å². The van der Waals surface area contributed by atoms with Gasteiger partial charge in [-0.15, -0.1) is 0 Å². The minimum absolute atomic E-state index is 0.709. The number of nitrogens with one attached hydrogen (secondary N) is 1. The zero-order valence-electron chi connectivity index (χ0n) is 13.5. The molecule has 112 valence electrons. The smallest absolute Gasteiger partial charge is 0.0234 e. The van der Waals surface area contributed by atoms with Gasteiger partial charge in [0.05, 0.1) is 0 Å². The molecule has 1 aromatic rings. The maximum atomic E-state index is 3.56. The zero-order valence-corrected chi connectivity index (χ0v) is 13.5. The van der Waals surface area contributed by atoms with E-state index in [1.807, 2.05) is 0 Å². The van der Waals surface area contributed by atoms with Crippen LogP contribution in [0.4, 0.5) is 0 Å². The summed E-state index contributed by atoms with van der Waals surface area (Å²) in [5.74, 6) is 2.59. The van der Waals surface area contributed by atoms with Crippen LogP contribution in [0.1, 0.15) is 38.3 Å². The molecule has 0 heterocycles. The molecule has 1 fully saturated rings. The molecule has 20 heavy (non-hydrogen) atoms. The van der Waals surface area contributed by atoms with Gasteiger partial charge >= 0.3 is 0 Å². The first-order chi connectivity index (χ1) is 9.56. The molecule has 2 unspecified atom stereocenters. The van der Waals surface area contributed by atoms with Crippen molar-refractivity contribution in [2.75, 3.05) is 20.1 Å². The van der Waals surface area contributed by atoms with Gasteiger partial charge in [-0.3, -0.25) is 0 Å². The van der Waals surface area contributed by atoms with Gasteiger partial charge in [-0.2, -0.15) is 0 Å². The topological polar surface area (TPSA) is 15.3 Å². The molecule has 0 bridgehead atoms. The second kappa shape index (κ2) is 7.24. The van der Waals surface area contributed by atoms with Crippen molar-refractivity contribution in [3.8, 4) is 0 Å². The van der Waals surface area contributed by atoms with E-state index in [4.69, 9.17) is 0 Å². The summed E-state index contributed by atoms with van der Waals surface area (Å²) in [6, 6.07) is 8.85. The summed E-state index contributed by atoms with van der Waals surface area (Å²) in [5.41, 5.74) is 2.92. The van der Waals surface area contributed by atoms with Crippen LogP contribution < -0.4 is 5.32 Å². The van der Waals surface area contributed by atoms with E-state index < -0.39 is 0 Å². The maximum Gasteiger partial charge on any atom is 0.0234 e. The number of benzene rings is 1. The van der Waals surface area contributed by atoms with Crippen molar-refractivity contribution >= 4 is 0 Å². The first-order valence-electron chi connectivity index (χ1n) is 8.02. The average molecular weight is 274 g/mol. The van der Waals surface area contributed by atoms with Crippen molar-refractivity contribution in [1.82, 2.24) is 10.2 Å². The highest BCUT2D eigenvalue weighted by Crippen LogP contribution is 2.38. The van der Waals surface area contributed by atoms with E-state index in [-0.39, 0.29) is 0 Å². The Balaban J connectivity index is 1.86. The Hall–Kier alpha value is -0.860. The molecule has 1 saturated carbocycles. The molecular formula is C18H30N2. The lowest BCUT2D eigenvalue weighted by Crippen LogP contribution is -2.23. The quantitative estimate of drug-likeness (QED) is 0.780. The molecule has 0 aromatic heterocycles. The molecule has 1 aliphatic carbocycles. The van der Waals surface area contributed by atoms with Crippen molar-refractivity contribution in [2.24, 2.45) is 17.8 Å². The average Bonchev–Trinajstić information content (AvgIpc) is 3.06. The van der Waals surface area contributed by atoms with Gasteiger partial charge in [0.2, 0.25) is 0 Å². The Morgan fingerprint density at radius 1 is 1.25 bits per heavy atom. The van der Waals surface area contributed by atoms with E-state index >= 15 is 0 Å². The number of hydrogen-bond donors (Lipinski definition) is 1. The summed E-state index contributed by atoms with van der Waals surface area (Å²) < 4.78 is 0. The molecule has 0 amide bonds. The molecule has 2 heteroatoms. The first kappa shape index (κ1) is 15.5. The van der Waals surface area contributed by atoms with Crippen molar-refractivity contribution in [3.63, 3.8) is 0 Å². The minimum atomic E-state index is 0.709.